The first-order valence-electron chi connectivity index (χ1n) is 6.77. The Kier molecular flexibility index (Phi) is 4.90. The molecule has 0 amide bonds. The topological polar surface area (TPSA) is 73.7 Å². The largest absolute Gasteiger partial charge is 0.504 e. The van der Waals surface area contributed by atoms with Gasteiger partial charge in [-0.05, 0) is 36.9 Å². The SMILES string of the molecule is CCN(CC(=O)c1ccc(O)c(O)c1)Cc1ccccn1. The number of nitrogens with zero attached hydrogens (tertiary/aromatic N) is 2. The molecule has 5 nitrogen and oxygen atoms in total. The number of carbonyl (C=O) groups is 1. The molecule has 0 fully saturated rings. The highest BCUT2D eigenvalue weighted by molar-refractivity contribution is 5.98. The molecule has 0 unspecified atom stereocenters. The van der Waals surface area contributed by atoms with Gasteiger partial charge in [0, 0.05) is 18.3 Å². The number of Topliss-reactive ketones (excluding diaryl/α,β-unsaturated/α-hetero) is 1. The summed E-state index contributed by atoms with van der Waals surface area (Å²) in [6.07, 6.45) is 1.73. The van der Waals surface area contributed by atoms with Crippen molar-refractivity contribution in [3.63, 3.8) is 0 Å². The van der Waals surface area contributed by atoms with Crippen LogP contribution in [0.4, 0.5) is 0 Å². The van der Waals surface area contributed by atoms with E-state index in [0.717, 1.165) is 5.69 Å². The van der Waals surface area contributed by atoms with Crippen molar-refractivity contribution in [2.75, 3.05) is 13.1 Å². The molecule has 2 rings (SSSR count). The summed E-state index contributed by atoms with van der Waals surface area (Å²) >= 11 is 0. The molecule has 0 aliphatic heterocycles. The maximum Gasteiger partial charge on any atom is 0.176 e. The molecule has 1 aromatic carbocycles. The van der Waals surface area contributed by atoms with Crippen LogP contribution in [-0.4, -0.2) is 39.0 Å². The standard InChI is InChI=1S/C16H18N2O3/c1-2-18(10-13-5-3-4-8-17-13)11-16(21)12-6-7-14(19)15(20)9-12/h3-9,19-20H,2,10-11H2,1H3. The molecule has 21 heavy (non-hydrogen) atoms. The predicted octanol–water partition coefficient (Wildman–Crippen LogP) is 2.20. The minimum absolute atomic E-state index is 0.108. The van der Waals surface area contributed by atoms with E-state index in [1.807, 2.05) is 30.0 Å². The van der Waals surface area contributed by atoms with Crippen LogP contribution in [0.15, 0.2) is 42.6 Å². The van der Waals surface area contributed by atoms with E-state index in [1.165, 1.54) is 18.2 Å². The van der Waals surface area contributed by atoms with E-state index in [-0.39, 0.29) is 23.8 Å². The lowest BCUT2D eigenvalue weighted by Gasteiger charge is -2.19. The number of hydrogen-bond donors (Lipinski definition) is 2. The van der Waals surface area contributed by atoms with Gasteiger partial charge in [0.05, 0.1) is 12.2 Å². The van der Waals surface area contributed by atoms with E-state index in [4.69, 9.17) is 0 Å². The Morgan fingerprint density at radius 2 is 2.00 bits per heavy atom. The fourth-order valence-corrected chi connectivity index (χ4v) is 1.99. The lowest BCUT2D eigenvalue weighted by molar-refractivity contribution is 0.0928. The lowest BCUT2D eigenvalue weighted by atomic mass is 10.1. The number of phenols is 2. The Balaban J connectivity index is 2.04. The fourth-order valence-electron chi connectivity index (χ4n) is 1.99. The molecule has 0 spiro atoms. The van der Waals surface area contributed by atoms with Crippen LogP contribution in [0.5, 0.6) is 11.5 Å². The van der Waals surface area contributed by atoms with Crippen LogP contribution in [0, 0.1) is 0 Å². The number of benzene rings is 1. The maximum absolute atomic E-state index is 12.2. The molecule has 1 heterocycles. The average Bonchev–Trinajstić information content (AvgIpc) is 2.50. The highest BCUT2D eigenvalue weighted by Gasteiger charge is 2.13. The first-order chi connectivity index (χ1) is 10.1. The number of rotatable bonds is 6. The van der Waals surface area contributed by atoms with Crippen molar-refractivity contribution in [1.29, 1.82) is 0 Å². The van der Waals surface area contributed by atoms with Crippen LogP contribution in [-0.2, 0) is 6.54 Å². The molecule has 0 bridgehead atoms. The highest BCUT2D eigenvalue weighted by Crippen LogP contribution is 2.25. The van der Waals surface area contributed by atoms with Gasteiger partial charge < -0.3 is 10.2 Å². The van der Waals surface area contributed by atoms with Crippen LogP contribution in [0.2, 0.25) is 0 Å². The number of aromatic nitrogens is 1. The van der Waals surface area contributed by atoms with E-state index in [1.54, 1.807) is 6.20 Å². The van der Waals surface area contributed by atoms with Gasteiger partial charge in [-0.25, -0.2) is 0 Å². The first kappa shape index (κ1) is 15.0. The Morgan fingerprint density at radius 1 is 1.19 bits per heavy atom. The number of aromatic hydroxyl groups is 2. The van der Waals surface area contributed by atoms with Crippen LogP contribution < -0.4 is 0 Å². The monoisotopic (exact) mass is 286 g/mol. The summed E-state index contributed by atoms with van der Waals surface area (Å²) in [6.45, 7) is 3.52. The number of pyridine rings is 1. The van der Waals surface area contributed by atoms with Gasteiger partial charge in [-0.2, -0.15) is 0 Å². The summed E-state index contributed by atoms with van der Waals surface area (Å²) in [5.41, 5.74) is 1.28. The molecule has 2 N–H and O–H groups in total. The highest BCUT2D eigenvalue weighted by atomic mass is 16.3. The molecule has 5 heteroatoms. The van der Waals surface area contributed by atoms with Crippen molar-refractivity contribution in [3.8, 4) is 11.5 Å². The Labute approximate surface area is 123 Å². The van der Waals surface area contributed by atoms with Crippen molar-refractivity contribution in [2.45, 2.75) is 13.5 Å². The molecule has 0 radical (unpaired) electrons. The van der Waals surface area contributed by atoms with Gasteiger partial charge in [0.15, 0.2) is 17.3 Å². The van der Waals surface area contributed by atoms with E-state index in [9.17, 15) is 15.0 Å². The number of ketones is 1. The summed E-state index contributed by atoms with van der Waals surface area (Å²) in [5, 5.41) is 18.7. The number of phenolic OH excluding ortho intramolecular Hbond substituents is 2. The summed E-state index contributed by atoms with van der Waals surface area (Å²) in [6, 6.07) is 9.79. The molecule has 0 atom stereocenters. The zero-order valence-electron chi connectivity index (χ0n) is 11.9. The molecule has 0 aliphatic carbocycles. The molecule has 2 aromatic rings. The van der Waals surface area contributed by atoms with E-state index in [0.29, 0.717) is 18.7 Å². The fraction of sp³-hybridized carbons (Fsp3) is 0.250. The van der Waals surface area contributed by atoms with Gasteiger partial charge in [-0.3, -0.25) is 14.7 Å². The molecule has 0 saturated heterocycles. The van der Waals surface area contributed by atoms with E-state index in [2.05, 4.69) is 4.98 Å². The van der Waals surface area contributed by atoms with Gasteiger partial charge in [0.1, 0.15) is 0 Å². The second-order valence-corrected chi connectivity index (χ2v) is 4.75. The molecular formula is C16H18N2O3. The zero-order chi connectivity index (χ0) is 15.2. The summed E-state index contributed by atoms with van der Waals surface area (Å²) in [5.74, 6) is -0.621. The zero-order valence-corrected chi connectivity index (χ0v) is 11.9. The molecule has 0 aliphatic rings. The Hall–Kier alpha value is -2.40. The summed E-state index contributed by atoms with van der Waals surface area (Å²) in [4.78, 5) is 18.4. The maximum atomic E-state index is 12.2. The van der Waals surface area contributed by atoms with Gasteiger partial charge >= 0.3 is 0 Å². The van der Waals surface area contributed by atoms with Crippen molar-refractivity contribution in [3.05, 3.63) is 53.9 Å². The lowest BCUT2D eigenvalue weighted by Crippen LogP contribution is -2.29. The van der Waals surface area contributed by atoms with Gasteiger partial charge in [0.2, 0.25) is 0 Å². The van der Waals surface area contributed by atoms with Crippen molar-refractivity contribution < 1.29 is 15.0 Å². The Bertz CT molecular complexity index is 614. The van der Waals surface area contributed by atoms with E-state index < -0.39 is 0 Å². The van der Waals surface area contributed by atoms with Gasteiger partial charge in [0.25, 0.3) is 0 Å². The number of carbonyl (C=O) groups excluding carboxylic acids is 1. The van der Waals surface area contributed by atoms with Crippen molar-refractivity contribution in [2.24, 2.45) is 0 Å². The normalized spacial score (nSPS) is 10.8. The van der Waals surface area contributed by atoms with Crippen LogP contribution in [0.1, 0.15) is 23.0 Å². The first-order valence-corrected chi connectivity index (χ1v) is 6.77. The second kappa shape index (κ2) is 6.85. The number of likely N-dealkylation sites (N-methyl/N-ethyl adjacent to an activating group) is 1. The Morgan fingerprint density at radius 3 is 2.62 bits per heavy atom. The van der Waals surface area contributed by atoms with Crippen LogP contribution >= 0.6 is 0 Å². The average molecular weight is 286 g/mol. The molecule has 1 aromatic heterocycles. The van der Waals surface area contributed by atoms with Crippen molar-refractivity contribution in [1.82, 2.24) is 9.88 Å². The third-order valence-corrected chi connectivity index (χ3v) is 3.22. The third-order valence-electron chi connectivity index (χ3n) is 3.22. The summed E-state index contributed by atoms with van der Waals surface area (Å²) < 4.78 is 0. The number of hydrogen-bond acceptors (Lipinski definition) is 5. The van der Waals surface area contributed by atoms with Crippen molar-refractivity contribution >= 4 is 5.78 Å². The van der Waals surface area contributed by atoms with Crippen LogP contribution in [0.25, 0.3) is 0 Å². The third kappa shape index (κ3) is 4.03. The second-order valence-electron chi connectivity index (χ2n) is 4.75. The minimum atomic E-state index is -0.284. The molecule has 0 saturated carbocycles. The van der Waals surface area contributed by atoms with Crippen LogP contribution in [0.3, 0.4) is 0 Å². The smallest absolute Gasteiger partial charge is 0.176 e. The quantitative estimate of drug-likeness (QED) is 0.629. The van der Waals surface area contributed by atoms with E-state index >= 15 is 0 Å². The van der Waals surface area contributed by atoms with Gasteiger partial charge in [-0.1, -0.05) is 13.0 Å². The molecular weight excluding hydrogens is 268 g/mol. The summed E-state index contributed by atoms with van der Waals surface area (Å²) in [7, 11) is 0. The van der Waals surface area contributed by atoms with Gasteiger partial charge in [-0.15, -0.1) is 0 Å². The predicted molar refractivity (Wildman–Crippen MR) is 79.3 cm³/mol. The minimum Gasteiger partial charge on any atom is -0.504 e. The molecule has 110 valence electrons.